The molecule has 1 aromatic heterocycles. The van der Waals surface area contributed by atoms with Crippen LogP contribution < -0.4 is 4.90 Å². The van der Waals surface area contributed by atoms with E-state index in [1.807, 2.05) is 12.3 Å². The molecule has 2 aliphatic heterocycles. The highest BCUT2D eigenvalue weighted by atomic mass is 16.4. The lowest BCUT2D eigenvalue weighted by molar-refractivity contribution is 0.0801. The molecule has 3 heterocycles. The zero-order valence-corrected chi connectivity index (χ0v) is 17.7. The molecule has 1 amide bonds. The van der Waals surface area contributed by atoms with Crippen molar-refractivity contribution in [3.63, 3.8) is 0 Å². The summed E-state index contributed by atoms with van der Waals surface area (Å²) in [7, 11) is 1.79. The van der Waals surface area contributed by atoms with Crippen molar-refractivity contribution in [2.45, 2.75) is 25.8 Å². The number of nitrogens with zero attached hydrogens (tertiary/aromatic N) is 5. The van der Waals surface area contributed by atoms with Crippen molar-refractivity contribution in [2.24, 2.45) is 5.16 Å². The molecule has 160 valence electrons. The van der Waals surface area contributed by atoms with Crippen molar-refractivity contribution in [2.75, 3.05) is 51.2 Å². The van der Waals surface area contributed by atoms with Crippen LogP contribution in [0.1, 0.15) is 35.3 Å². The second-order valence-corrected chi connectivity index (χ2v) is 8.17. The third kappa shape index (κ3) is 4.36. The van der Waals surface area contributed by atoms with Crippen LogP contribution in [-0.4, -0.2) is 77.5 Å². The second-order valence-electron chi connectivity index (χ2n) is 8.17. The zero-order valence-electron chi connectivity index (χ0n) is 17.7. The van der Waals surface area contributed by atoms with Gasteiger partial charge in [-0.2, -0.15) is 0 Å². The molecule has 0 unspecified atom stereocenters. The molecule has 4 rings (SSSR count). The minimum Gasteiger partial charge on any atom is -0.411 e. The van der Waals surface area contributed by atoms with Crippen molar-refractivity contribution >= 4 is 17.3 Å². The number of hydrogen-bond acceptors (Lipinski definition) is 5. The Morgan fingerprint density at radius 2 is 1.70 bits per heavy atom. The fourth-order valence-electron chi connectivity index (χ4n) is 4.44. The van der Waals surface area contributed by atoms with Gasteiger partial charge in [-0.05, 0) is 37.6 Å². The smallest absolute Gasteiger partial charge is 0.255 e. The lowest BCUT2D eigenvalue weighted by atomic mass is 10.1. The van der Waals surface area contributed by atoms with Crippen LogP contribution in [0.5, 0.6) is 0 Å². The predicted molar refractivity (Wildman–Crippen MR) is 119 cm³/mol. The van der Waals surface area contributed by atoms with E-state index in [1.165, 1.54) is 5.69 Å². The summed E-state index contributed by atoms with van der Waals surface area (Å²) >= 11 is 0. The van der Waals surface area contributed by atoms with Gasteiger partial charge < -0.3 is 19.6 Å². The number of oxime groups is 1. The van der Waals surface area contributed by atoms with Gasteiger partial charge in [-0.15, -0.1) is 0 Å². The Hall–Kier alpha value is -2.80. The molecule has 1 fully saturated rings. The Morgan fingerprint density at radius 3 is 2.43 bits per heavy atom. The Kier molecular flexibility index (Phi) is 6.38. The van der Waals surface area contributed by atoms with Gasteiger partial charge in [0, 0.05) is 64.6 Å². The number of unbranched alkanes of at least 4 members (excludes halogenated alkanes) is 1. The lowest BCUT2D eigenvalue weighted by Crippen LogP contribution is -2.46. The van der Waals surface area contributed by atoms with E-state index in [0.717, 1.165) is 57.8 Å². The van der Waals surface area contributed by atoms with Gasteiger partial charge in [-0.3, -0.25) is 9.69 Å². The molecule has 7 heteroatoms. The first-order valence-electron chi connectivity index (χ1n) is 10.9. The molecule has 0 saturated carbocycles. The summed E-state index contributed by atoms with van der Waals surface area (Å²) in [5, 5.41) is 12.9. The number of hydrogen-bond donors (Lipinski definition) is 1. The molecule has 1 N–H and O–H groups in total. The molecule has 1 saturated heterocycles. The van der Waals surface area contributed by atoms with E-state index in [0.29, 0.717) is 24.2 Å². The molecular formula is C23H31N5O2. The fraction of sp³-hybridized carbons (Fsp3) is 0.478. The Morgan fingerprint density at radius 1 is 0.967 bits per heavy atom. The predicted octanol–water partition coefficient (Wildman–Crippen LogP) is 2.74. The third-order valence-corrected chi connectivity index (χ3v) is 6.24. The Bertz CT molecular complexity index is 884. The number of rotatable bonds is 6. The largest absolute Gasteiger partial charge is 0.411 e. The number of fused-ring (bicyclic) bond motifs is 1. The number of anilines is 1. The fourth-order valence-corrected chi connectivity index (χ4v) is 4.44. The summed E-state index contributed by atoms with van der Waals surface area (Å²) in [6.07, 6.45) is 4.66. The van der Waals surface area contributed by atoms with Crippen LogP contribution >= 0.6 is 0 Å². The number of aryl methyl sites for hydroxylation is 1. The zero-order chi connectivity index (χ0) is 20.9. The average Bonchev–Trinajstić information content (AvgIpc) is 3.16. The van der Waals surface area contributed by atoms with Crippen molar-refractivity contribution in [1.29, 1.82) is 0 Å². The number of carbonyl (C=O) groups is 1. The molecule has 0 radical (unpaired) electrons. The van der Waals surface area contributed by atoms with Gasteiger partial charge in [-0.25, -0.2) is 0 Å². The Labute approximate surface area is 178 Å². The van der Waals surface area contributed by atoms with E-state index in [9.17, 15) is 10.0 Å². The maximum absolute atomic E-state index is 12.5. The third-order valence-electron chi connectivity index (χ3n) is 6.24. The molecule has 0 spiro atoms. The maximum atomic E-state index is 12.5. The highest BCUT2D eigenvalue weighted by Gasteiger charge is 2.27. The number of amides is 1. The second kappa shape index (κ2) is 9.34. The number of para-hydroxylation sites is 1. The molecule has 0 atom stereocenters. The minimum absolute atomic E-state index is 0.00122. The van der Waals surface area contributed by atoms with Gasteiger partial charge in [0.2, 0.25) is 0 Å². The normalized spacial score (nSPS) is 19.2. The van der Waals surface area contributed by atoms with Gasteiger partial charge in [-0.1, -0.05) is 23.4 Å². The molecule has 0 aliphatic carbocycles. The Balaban J connectivity index is 1.27. The summed E-state index contributed by atoms with van der Waals surface area (Å²) in [6.45, 7) is 6.82. The summed E-state index contributed by atoms with van der Waals surface area (Å²) in [5.41, 5.74) is 3.33. The molecular weight excluding hydrogens is 378 g/mol. The minimum atomic E-state index is -0.00122. The summed E-state index contributed by atoms with van der Waals surface area (Å²) in [6, 6.07) is 12.5. The molecule has 1 aromatic carbocycles. The number of benzene rings is 1. The highest BCUT2D eigenvalue weighted by Crippen LogP contribution is 2.21. The van der Waals surface area contributed by atoms with E-state index in [2.05, 4.69) is 49.9 Å². The van der Waals surface area contributed by atoms with E-state index in [-0.39, 0.29) is 5.91 Å². The summed E-state index contributed by atoms with van der Waals surface area (Å²) in [5.74, 6) is -0.00122. The molecule has 7 nitrogen and oxygen atoms in total. The first-order valence-corrected chi connectivity index (χ1v) is 10.9. The highest BCUT2D eigenvalue weighted by molar-refractivity contribution is 6.10. The van der Waals surface area contributed by atoms with Crippen LogP contribution in [0, 0.1) is 0 Å². The topological polar surface area (TPSA) is 64.3 Å². The van der Waals surface area contributed by atoms with Crippen molar-refractivity contribution in [3.05, 3.63) is 53.9 Å². The van der Waals surface area contributed by atoms with Crippen molar-refractivity contribution < 1.29 is 10.0 Å². The van der Waals surface area contributed by atoms with E-state index in [4.69, 9.17) is 0 Å². The first kappa shape index (κ1) is 20.5. The van der Waals surface area contributed by atoms with Crippen LogP contribution in [-0.2, 0) is 6.54 Å². The molecule has 0 bridgehead atoms. The maximum Gasteiger partial charge on any atom is 0.255 e. The quantitative estimate of drug-likeness (QED) is 0.453. The van der Waals surface area contributed by atoms with Crippen LogP contribution in [0.25, 0.3) is 0 Å². The van der Waals surface area contributed by atoms with E-state index in [1.54, 1.807) is 11.9 Å². The van der Waals surface area contributed by atoms with E-state index >= 15 is 0 Å². The van der Waals surface area contributed by atoms with Gasteiger partial charge in [0.1, 0.15) is 5.71 Å². The molecule has 2 aliphatic rings. The average molecular weight is 410 g/mol. The lowest BCUT2D eigenvalue weighted by Gasteiger charge is -2.36. The SMILES string of the molecule is CN1CCC(=NO)c2c(ccn2CCCCN2CCN(c3ccccc3)CC2)C1=O. The van der Waals surface area contributed by atoms with Crippen molar-refractivity contribution in [3.8, 4) is 0 Å². The standard InChI is InChI=1S/C23H31N5O2/c1-25-13-10-21(24-30)22-20(23(25)29)9-14-28(22)12-6-5-11-26-15-17-27(18-16-26)19-7-3-2-4-8-19/h2-4,7-9,14,30H,5-6,10-13,15-18H2,1H3. The molecule has 30 heavy (non-hydrogen) atoms. The number of carbonyl (C=O) groups excluding carboxylic acids is 1. The van der Waals surface area contributed by atoms with E-state index < -0.39 is 0 Å². The summed E-state index contributed by atoms with van der Waals surface area (Å²) < 4.78 is 2.08. The van der Waals surface area contributed by atoms with Crippen molar-refractivity contribution in [1.82, 2.24) is 14.4 Å². The van der Waals surface area contributed by atoms with Gasteiger partial charge >= 0.3 is 0 Å². The van der Waals surface area contributed by atoms with Crippen LogP contribution in [0.2, 0.25) is 0 Å². The van der Waals surface area contributed by atoms with Crippen LogP contribution in [0.3, 0.4) is 0 Å². The van der Waals surface area contributed by atoms with Crippen LogP contribution in [0.15, 0.2) is 47.8 Å². The first-order chi connectivity index (χ1) is 14.7. The monoisotopic (exact) mass is 409 g/mol. The van der Waals surface area contributed by atoms with Gasteiger partial charge in [0.25, 0.3) is 5.91 Å². The van der Waals surface area contributed by atoms with Crippen LogP contribution in [0.4, 0.5) is 5.69 Å². The number of aromatic nitrogens is 1. The number of piperazine rings is 1. The van der Waals surface area contributed by atoms with Gasteiger partial charge in [0.05, 0.1) is 11.3 Å². The molecule has 2 aromatic rings. The summed E-state index contributed by atoms with van der Waals surface area (Å²) in [4.78, 5) is 19.2. The van der Waals surface area contributed by atoms with Gasteiger partial charge in [0.15, 0.2) is 0 Å².